The molecule has 0 aliphatic rings. The molecule has 31 heavy (non-hydrogen) atoms. The summed E-state index contributed by atoms with van der Waals surface area (Å²) in [5.41, 5.74) is 0. The van der Waals surface area contributed by atoms with Crippen LogP contribution in [0.15, 0.2) is 12.2 Å². The molecule has 0 aliphatic heterocycles. The van der Waals surface area contributed by atoms with E-state index in [4.69, 9.17) is 15.3 Å². The largest absolute Gasteiger partial charge is 0.481 e. The zero-order chi connectivity index (χ0) is 23.3. The van der Waals surface area contributed by atoms with Gasteiger partial charge in [0.25, 0.3) is 0 Å². The SMILES string of the molecule is CCCCCCCC/C=C\CCCCCCCCCCCC(=O)O.OCCNCCO. The lowest BCUT2D eigenvalue weighted by Crippen LogP contribution is -2.21. The highest BCUT2D eigenvalue weighted by Gasteiger charge is 1.96. The number of aliphatic hydroxyl groups is 2. The lowest BCUT2D eigenvalue weighted by molar-refractivity contribution is -0.137. The van der Waals surface area contributed by atoms with Crippen LogP contribution in [0.1, 0.15) is 122 Å². The van der Waals surface area contributed by atoms with Crippen molar-refractivity contribution in [2.75, 3.05) is 26.3 Å². The molecule has 0 amide bonds. The van der Waals surface area contributed by atoms with Crippen molar-refractivity contribution in [3.8, 4) is 0 Å². The van der Waals surface area contributed by atoms with Gasteiger partial charge in [0.1, 0.15) is 0 Å². The molecule has 0 fully saturated rings. The molecule has 4 N–H and O–H groups in total. The Morgan fingerprint density at radius 3 is 1.42 bits per heavy atom. The first kappa shape index (κ1) is 32.3. The van der Waals surface area contributed by atoms with E-state index < -0.39 is 5.97 Å². The lowest BCUT2D eigenvalue weighted by atomic mass is 10.1. The molecular weight excluding hydrogens is 390 g/mol. The van der Waals surface area contributed by atoms with E-state index >= 15 is 0 Å². The molecule has 0 atom stereocenters. The Morgan fingerprint density at radius 1 is 0.645 bits per heavy atom. The topological polar surface area (TPSA) is 89.8 Å². The molecular formula is C26H53NO4. The zero-order valence-electron chi connectivity index (χ0n) is 20.5. The standard InChI is InChI=1S/C22H42O2.C4H11NO2/c1-2-3-4-5-6-7-8-9-10-11-12-13-14-15-16-17-18-19-20-21-22(23)24;6-3-1-5-2-4-7/h9-10H,2-8,11-21H2,1H3,(H,23,24);5-7H,1-4H2/b10-9-;. The summed E-state index contributed by atoms with van der Waals surface area (Å²) in [6.45, 7) is 3.69. The van der Waals surface area contributed by atoms with Crippen LogP contribution in [0.3, 0.4) is 0 Å². The second kappa shape index (κ2) is 31.3. The molecule has 0 spiro atoms. The van der Waals surface area contributed by atoms with E-state index in [1.165, 1.54) is 96.3 Å². The summed E-state index contributed by atoms with van der Waals surface area (Å²) in [6.07, 6.45) is 27.1. The Kier molecular flexibility index (Phi) is 32.6. The van der Waals surface area contributed by atoms with Crippen LogP contribution in [0.4, 0.5) is 0 Å². The summed E-state index contributed by atoms with van der Waals surface area (Å²) in [7, 11) is 0. The summed E-state index contributed by atoms with van der Waals surface area (Å²) < 4.78 is 0. The first-order valence-corrected chi connectivity index (χ1v) is 13.0. The monoisotopic (exact) mass is 443 g/mol. The van der Waals surface area contributed by atoms with Gasteiger partial charge in [0.2, 0.25) is 0 Å². The fourth-order valence-electron chi connectivity index (χ4n) is 3.34. The van der Waals surface area contributed by atoms with Gasteiger partial charge in [0.05, 0.1) is 13.2 Å². The molecule has 0 unspecified atom stereocenters. The number of hydrogen-bond acceptors (Lipinski definition) is 4. The highest BCUT2D eigenvalue weighted by molar-refractivity contribution is 5.66. The maximum atomic E-state index is 10.4. The predicted molar refractivity (Wildman–Crippen MR) is 133 cm³/mol. The molecule has 5 nitrogen and oxygen atoms in total. The van der Waals surface area contributed by atoms with Crippen molar-refractivity contribution in [3.05, 3.63) is 12.2 Å². The quantitative estimate of drug-likeness (QED) is 0.111. The van der Waals surface area contributed by atoms with E-state index in [1.54, 1.807) is 0 Å². The predicted octanol–water partition coefficient (Wildman–Crippen LogP) is 6.23. The van der Waals surface area contributed by atoms with Gasteiger partial charge in [-0.15, -0.1) is 0 Å². The highest BCUT2D eigenvalue weighted by atomic mass is 16.4. The van der Waals surface area contributed by atoms with Gasteiger partial charge in [-0.1, -0.05) is 96.1 Å². The number of nitrogens with one attached hydrogen (secondary N) is 1. The van der Waals surface area contributed by atoms with Gasteiger partial charge >= 0.3 is 5.97 Å². The molecule has 0 rings (SSSR count). The van der Waals surface area contributed by atoms with E-state index in [9.17, 15) is 4.79 Å². The average molecular weight is 444 g/mol. The van der Waals surface area contributed by atoms with Crippen LogP contribution < -0.4 is 5.32 Å². The van der Waals surface area contributed by atoms with Gasteiger partial charge < -0.3 is 20.6 Å². The van der Waals surface area contributed by atoms with Crippen molar-refractivity contribution in [2.45, 2.75) is 122 Å². The van der Waals surface area contributed by atoms with Crippen molar-refractivity contribution in [2.24, 2.45) is 0 Å². The van der Waals surface area contributed by atoms with Crippen molar-refractivity contribution in [1.29, 1.82) is 0 Å². The fraction of sp³-hybridized carbons (Fsp3) is 0.885. The minimum Gasteiger partial charge on any atom is -0.481 e. The normalized spacial score (nSPS) is 10.9. The van der Waals surface area contributed by atoms with Crippen molar-refractivity contribution >= 4 is 5.97 Å². The molecule has 186 valence electrons. The van der Waals surface area contributed by atoms with Crippen molar-refractivity contribution < 1.29 is 20.1 Å². The number of allylic oxidation sites excluding steroid dienone is 2. The Hall–Kier alpha value is -0.910. The minimum absolute atomic E-state index is 0.139. The van der Waals surface area contributed by atoms with Gasteiger partial charge in [-0.3, -0.25) is 4.79 Å². The Balaban J connectivity index is 0. The van der Waals surface area contributed by atoms with E-state index in [0.29, 0.717) is 19.5 Å². The lowest BCUT2D eigenvalue weighted by Gasteiger charge is -2.01. The molecule has 0 radical (unpaired) electrons. The van der Waals surface area contributed by atoms with Crippen LogP contribution in [-0.2, 0) is 4.79 Å². The third-order valence-electron chi connectivity index (χ3n) is 5.23. The second-order valence-corrected chi connectivity index (χ2v) is 8.34. The number of carbonyl (C=O) groups is 1. The van der Waals surface area contributed by atoms with Crippen LogP contribution in [0.25, 0.3) is 0 Å². The summed E-state index contributed by atoms with van der Waals surface area (Å²) in [5, 5.41) is 27.6. The molecule has 0 heterocycles. The molecule has 0 aromatic carbocycles. The van der Waals surface area contributed by atoms with E-state index in [2.05, 4.69) is 24.4 Å². The maximum Gasteiger partial charge on any atom is 0.303 e. The summed E-state index contributed by atoms with van der Waals surface area (Å²) in [4.78, 5) is 10.4. The van der Waals surface area contributed by atoms with Gasteiger partial charge in [0.15, 0.2) is 0 Å². The smallest absolute Gasteiger partial charge is 0.303 e. The number of unbranched alkanes of at least 4 members (excludes halogenated alkanes) is 15. The second-order valence-electron chi connectivity index (χ2n) is 8.34. The third kappa shape index (κ3) is 36.8. The number of carboxylic acid groups (broad SMARTS) is 1. The number of hydrogen-bond donors (Lipinski definition) is 4. The minimum atomic E-state index is -0.656. The fourth-order valence-corrected chi connectivity index (χ4v) is 3.34. The van der Waals surface area contributed by atoms with Crippen LogP contribution in [0, 0.1) is 0 Å². The summed E-state index contributed by atoms with van der Waals surface area (Å²) in [5.74, 6) is -0.656. The first-order chi connectivity index (χ1) is 15.2. The number of carboxylic acids is 1. The van der Waals surface area contributed by atoms with E-state index in [-0.39, 0.29) is 13.2 Å². The highest BCUT2D eigenvalue weighted by Crippen LogP contribution is 2.12. The van der Waals surface area contributed by atoms with Gasteiger partial charge in [-0.2, -0.15) is 0 Å². The van der Waals surface area contributed by atoms with Gasteiger partial charge in [0, 0.05) is 19.5 Å². The molecule has 0 saturated heterocycles. The Labute approximate surface area is 192 Å². The summed E-state index contributed by atoms with van der Waals surface area (Å²) in [6, 6.07) is 0. The van der Waals surface area contributed by atoms with Crippen molar-refractivity contribution in [3.63, 3.8) is 0 Å². The van der Waals surface area contributed by atoms with Crippen LogP contribution in [-0.4, -0.2) is 47.6 Å². The Bertz CT molecular complexity index is 357. The van der Waals surface area contributed by atoms with E-state index in [1.807, 2.05) is 0 Å². The molecule has 0 aromatic rings. The maximum absolute atomic E-state index is 10.4. The molecule has 0 saturated carbocycles. The third-order valence-corrected chi connectivity index (χ3v) is 5.23. The Morgan fingerprint density at radius 2 is 1.03 bits per heavy atom. The van der Waals surface area contributed by atoms with Crippen LogP contribution in [0.5, 0.6) is 0 Å². The van der Waals surface area contributed by atoms with Crippen LogP contribution >= 0.6 is 0 Å². The first-order valence-electron chi connectivity index (χ1n) is 13.0. The van der Waals surface area contributed by atoms with Crippen LogP contribution in [0.2, 0.25) is 0 Å². The van der Waals surface area contributed by atoms with Gasteiger partial charge in [-0.25, -0.2) is 0 Å². The summed E-state index contributed by atoms with van der Waals surface area (Å²) >= 11 is 0. The van der Waals surface area contributed by atoms with Gasteiger partial charge in [-0.05, 0) is 32.1 Å². The molecule has 0 aromatic heterocycles. The van der Waals surface area contributed by atoms with E-state index in [0.717, 1.165) is 12.8 Å². The number of aliphatic carboxylic acids is 1. The van der Waals surface area contributed by atoms with Crippen molar-refractivity contribution in [1.82, 2.24) is 5.32 Å². The molecule has 0 bridgehead atoms. The average Bonchev–Trinajstić information content (AvgIpc) is 2.76. The number of aliphatic hydroxyl groups excluding tert-OH is 2. The molecule has 0 aliphatic carbocycles. The molecule has 5 heteroatoms. The number of rotatable bonds is 23. The zero-order valence-corrected chi connectivity index (χ0v) is 20.5.